The van der Waals surface area contributed by atoms with Gasteiger partial charge in [-0.3, -0.25) is 0 Å². The predicted molar refractivity (Wildman–Crippen MR) is 88.7 cm³/mol. The fraction of sp³-hybridized carbons (Fsp3) is 0.500. The summed E-state index contributed by atoms with van der Waals surface area (Å²) in [5, 5.41) is 3.18. The first-order chi connectivity index (χ1) is 10.7. The molecule has 116 valence electrons. The standard InChI is InChI=1S/C18H21NO2S/c1-11-19-15(10-22-11)13-5-6-16(20-2)18(9-13)21-17-8-12-3-4-14(17)7-12/h5-6,9-10,12,14,17H,3-4,7-8H2,1-2H3. The van der Waals surface area contributed by atoms with Crippen LogP contribution in [0.5, 0.6) is 11.5 Å². The van der Waals surface area contributed by atoms with Gasteiger partial charge in [-0.1, -0.05) is 0 Å². The number of aryl methyl sites for hydroxylation is 1. The first kappa shape index (κ1) is 14.1. The van der Waals surface area contributed by atoms with Crippen LogP contribution in [0.2, 0.25) is 0 Å². The average Bonchev–Trinajstić information content (AvgIpc) is 3.24. The van der Waals surface area contributed by atoms with Crippen LogP contribution >= 0.6 is 11.3 Å². The number of hydrogen-bond acceptors (Lipinski definition) is 4. The van der Waals surface area contributed by atoms with Crippen LogP contribution in [0.25, 0.3) is 11.3 Å². The van der Waals surface area contributed by atoms with Crippen molar-refractivity contribution >= 4 is 11.3 Å². The van der Waals surface area contributed by atoms with Gasteiger partial charge in [-0.15, -0.1) is 11.3 Å². The van der Waals surface area contributed by atoms with E-state index >= 15 is 0 Å². The van der Waals surface area contributed by atoms with Gasteiger partial charge in [0.2, 0.25) is 0 Å². The minimum Gasteiger partial charge on any atom is -0.493 e. The molecule has 3 unspecified atom stereocenters. The lowest BCUT2D eigenvalue weighted by Crippen LogP contribution is -2.23. The Morgan fingerprint density at radius 3 is 2.73 bits per heavy atom. The Morgan fingerprint density at radius 1 is 1.18 bits per heavy atom. The maximum Gasteiger partial charge on any atom is 0.162 e. The molecule has 2 bridgehead atoms. The summed E-state index contributed by atoms with van der Waals surface area (Å²) in [5.74, 6) is 3.30. The van der Waals surface area contributed by atoms with Crippen LogP contribution in [0.3, 0.4) is 0 Å². The van der Waals surface area contributed by atoms with E-state index < -0.39 is 0 Å². The second kappa shape index (κ2) is 5.58. The maximum atomic E-state index is 6.35. The van der Waals surface area contributed by atoms with Crippen molar-refractivity contribution in [2.24, 2.45) is 11.8 Å². The number of aromatic nitrogens is 1. The average molecular weight is 315 g/mol. The van der Waals surface area contributed by atoms with Gasteiger partial charge < -0.3 is 9.47 Å². The zero-order chi connectivity index (χ0) is 15.1. The third-order valence-electron chi connectivity index (χ3n) is 5.03. The van der Waals surface area contributed by atoms with Crippen LogP contribution in [0.15, 0.2) is 23.6 Å². The molecule has 0 N–H and O–H groups in total. The highest BCUT2D eigenvalue weighted by Crippen LogP contribution is 2.47. The van der Waals surface area contributed by atoms with Crippen molar-refractivity contribution in [2.75, 3.05) is 7.11 Å². The number of thiazole rings is 1. The number of rotatable bonds is 4. The van der Waals surface area contributed by atoms with E-state index in [1.165, 1.54) is 25.7 Å². The number of nitrogens with zero attached hydrogens (tertiary/aromatic N) is 1. The SMILES string of the molecule is COc1ccc(-c2csc(C)n2)cc1OC1CC2CCC1C2. The molecule has 2 fully saturated rings. The highest BCUT2D eigenvalue weighted by molar-refractivity contribution is 7.09. The molecule has 4 heteroatoms. The number of hydrogen-bond donors (Lipinski definition) is 0. The van der Waals surface area contributed by atoms with E-state index in [4.69, 9.17) is 9.47 Å². The molecule has 2 saturated carbocycles. The van der Waals surface area contributed by atoms with Crippen molar-refractivity contribution in [3.8, 4) is 22.8 Å². The monoisotopic (exact) mass is 315 g/mol. The molecule has 2 aromatic rings. The molecule has 0 amide bonds. The summed E-state index contributed by atoms with van der Waals surface area (Å²) in [5.41, 5.74) is 2.12. The van der Waals surface area contributed by atoms with Gasteiger partial charge in [0.25, 0.3) is 0 Å². The first-order valence-electron chi connectivity index (χ1n) is 8.00. The van der Waals surface area contributed by atoms with Gasteiger partial charge in [-0.25, -0.2) is 4.98 Å². The molecular formula is C18H21NO2S. The zero-order valence-corrected chi connectivity index (χ0v) is 13.9. The molecule has 1 aromatic carbocycles. The van der Waals surface area contributed by atoms with Gasteiger partial charge in [-0.05, 0) is 62.6 Å². The Hall–Kier alpha value is -1.55. The smallest absolute Gasteiger partial charge is 0.162 e. The first-order valence-corrected chi connectivity index (χ1v) is 8.88. The highest BCUT2D eigenvalue weighted by atomic mass is 32.1. The Bertz CT molecular complexity index is 681. The van der Waals surface area contributed by atoms with Crippen LogP contribution in [0, 0.1) is 18.8 Å². The van der Waals surface area contributed by atoms with Gasteiger partial charge in [0.1, 0.15) is 6.10 Å². The van der Waals surface area contributed by atoms with Crippen LogP contribution in [-0.2, 0) is 0 Å². The van der Waals surface area contributed by atoms with Gasteiger partial charge in [0.15, 0.2) is 11.5 Å². The van der Waals surface area contributed by atoms with Gasteiger partial charge >= 0.3 is 0 Å². The molecule has 3 atom stereocenters. The number of methoxy groups -OCH3 is 1. The van der Waals surface area contributed by atoms with Crippen molar-refractivity contribution in [1.82, 2.24) is 4.98 Å². The van der Waals surface area contributed by atoms with Crippen molar-refractivity contribution in [1.29, 1.82) is 0 Å². The van der Waals surface area contributed by atoms with E-state index in [1.807, 2.05) is 13.0 Å². The molecule has 0 aliphatic heterocycles. The summed E-state index contributed by atoms with van der Waals surface area (Å²) in [7, 11) is 1.70. The predicted octanol–water partition coefficient (Wildman–Crippen LogP) is 4.69. The van der Waals surface area contributed by atoms with Crippen LogP contribution in [0.4, 0.5) is 0 Å². The van der Waals surface area contributed by atoms with Gasteiger partial charge in [-0.2, -0.15) is 0 Å². The lowest BCUT2D eigenvalue weighted by molar-refractivity contribution is 0.133. The van der Waals surface area contributed by atoms with Crippen molar-refractivity contribution < 1.29 is 9.47 Å². The van der Waals surface area contributed by atoms with E-state index in [1.54, 1.807) is 18.4 Å². The molecule has 22 heavy (non-hydrogen) atoms. The fourth-order valence-corrected chi connectivity index (χ4v) is 4.54. The Kier molecular flexibility index (Phi) is 3.57. The second-order valence-electron chi connectivity index (χ2n) is 6.45. The maximum absolute atomic E-state index is 6.35. The molecule has 0 spiro atoms. The lowest BCUT2D eigenvalue weighted by Gasteiger charge is -2.24. The van der Waals surface area contributed by atoms with Crippen molar-refractivity contribution in [3.05, 3.63) is 28.6 Å². The minimum absolute atomic E-state index is 0.361. The molecule has 0 radical (unpaired) electrons. The number of ether oxygens (including phenoxy) is 2. The van der Waals surface area contributed by atoms with E-state index in [2.05, 4.69) is 22.5 Å². The van der Waals surface area contributed by atoms with E-state index in [-0.39, 0.29) is 0 Å². The van der Waals surface area contributed by atoms with Crippen LogP contribution in [0.1, 0.15) is 30.7 Å². The Morgan fingerprint density at radius 2 is 2.09 bits per heavy atom. The molecule has 3 nitrogen and oxygen atoms in total. The lowest BCUT2D eigenvalue weighted by atomic mass is 9.97. The summed E-state index contributed by atoms with van der Waals surface area (Å²) in [6.07, 6.45) is 5.62. The summed E-state index contributed by atoms with van der Waals surface area (Å²) < 4.78 is 11.8. The molecule has 2 aliphatic carbocycles. The van der Waals surface area contributed by atoms with Crippen LogP contribution in [-0.4, -0.2) is 18.2 Å². The summed E-state index contributed by atoms with van der Waals surface area (Å²) in [4.78, 5) is 4.57. The molecule has 0 saturated heterocycles. The normalized spacial score (nSPS) is 26.4. The van der Waals surface area contributed by atoms with Crippen molar-refractivity contribution in [2.45, 2.75) is 38.7 Å². The highest BCUT2D eigenvalue weighted by Gasteiger charge is 2.41. The number of fused-ring (bicyclic) bond motifs is 2. The zero-order valence-electron chi connectivity index (χ0n) is 13.0. The molecule has 1 aromatic heterocycles. The topological polar surface area (TPSA) is 31.4 Å². The Labute approximate surface area is 135 Å². The fourth-order valence-electron chi connectivity index (χ4n) is 3.92. The third kappa shape index (κ3) is 2.50. The van der Waals surface area contributed by atoms with E-state index in [0.29, 0.717) is 6.10 Å². The van der Waals surface area contributed by atoms with Gasteiger partial charge in [0, 0.05) is 10.9 Å². The van der Waals surface area contributed by atoms with E-state index in [9.17, 15) is 0 Å². The Balaban J connectivity index is 1.62. The number of benzene rings is 1. The van der Waals surface area contributed by atoms with Gasteiger partial charge in [0.05, 0.1) is 17.8 Å². The third-order valence-corrected chi connectivity index (χ3v) is 5.80. The minimum atomic E-state index is 0.361. The summed E-state index contributed by atoms with van der Waals surface area (Å²) in [6.45, 7) is 2.03. The second-order valence-corrected chi connectivity index (χ2v) is 7.51. The van der Waals surface area contributed by atoms with E-state index in [0.717, 1.165) is 39.6 Å². The largest absolute Gasteiger partial charge is 0.493 e. The van der Waals surface area contributed by atoms with Crippen LogP contribution < -0.4 is 9.47 Å². The quantitative estimate of drug-likeness (QED) is 0.820. The summed E-state index contributed by atoms with van der Waals surface area (Å²) in [6, 6.07) is 6.13. The molecular weight excluding hydrogens is 294 g/mol. The summed E-state index contributed by atoms with van der Waals surface area (Å²) >= 11 is 1.67. The molecule has 1 heterocycles. The molecule has 4 rings (SSSR count). The molecule has 2 aliphatic rings. The van der Waals surface area contributed by atoms with Crippen molar-refractivity contribution in [3.63, 3.8) is 0 Å².